The second-order valence-electron chi connectivity index (χ2n) is 5.82. The van der Waals surface area contributed by atoms with Crippen LogP contribution in [-0.2, 0) is 0 Å². The molecule has 0 unspecified atom stereocenters. The highest BCUT2D eigenvalue weighted by atomic mass is 28.3. The topological polar surface area (TPSA) is 20.2 Å². The quantitative estimate of drug-likeness (QED) is 0.546. The fraction of sp³-hybridized carbons (Fsp3) is 0.333. The largest absolute Gasteiger partial charge is 0.396 e. The summed E-state index contributed by atoms with van der Waals surface area (Å²) in [6, 6.07) is 22.2. The summed E-state index contributed by atoms with van der Waals surface area (Å²) >= 11 is 0. The molecule has 1 nitrogen and oxygen atoms in total. The van der Waals surface area contributed by atoms with Crippen molar-refractivity contribution < 1.29 is 5.11 Å². The maximum Gasteiger partial charge on any atom is 0.0550 e. The Kier molecular flexibility index (Phi) is 7.50. The van der Waals surface area contributed by atoms with Crippen LogP contribution in [0.2, 0.25) is 5.16 Å². The summed E-state index contributed by atoms with van der Waals surface area (Å²) in [4.78, 5) is 0. The third kappa shape index (κ3) is 6.42. The van der Waals surface area contributed by atoms with Crippen LogP contribution >= 0.6 is 0 Å². The highest BCUT2D eigenvalue weighted by Crippen LogP contribution is 2.13. The molecule has 0 aliphatic carbocycles. The van der Waals surface area contributed by atoms with Crippen LogP contribution in [-0.4, -0.2) is 30.8 Å². The van der Waals surface area contributed by atoms with Crippen molar-refractivity contribution in [3.63, 3.8) is 0 Å². The Morgan fingerprint density at radius 2 is 1.24 bits per heavy atom. The molecule has 0 fully saturated rings. The average Bonchev–Trinajstić information content (AvgIpc) is 2.53. The lowest BCUT2D eigenvalue weighted by Gasteiger charge is -2.16. The molecule has 1 N–H and O–H groups in total. The van der Waals surface area contributed by atoms with Crippen molar-refractivity contribution in [1.29, 1.82) is 0 Å². The van der Waals surface area contributed by atoms with Gasteiger partial charge in [-0.1, -0.05) is 95.5 Å². The lowest BCUT2D eigenvalue weighted by Crippen LogP contribution is -2.29. The molecular formula is C18H26OSi2. The Bertz CT molecular complexity index is 446. The molecule has 21 heavy (non-hydrogen) atoms. The van der Waals surface area contributed by atoms with Gasteiger partial charge in [-0.2, -0.15) is 0 Å². The third-order valence-corrected chi connectivity index (χ3v) is 9.59. The van der Waals surface area contributed by atoms with Crippen LogP contribution < -0.4 is 10.4 Å². The summed E-state index contributed by atoms with van der Waals surface area (Å²) in [7, 11) is -0.353. The minimum atomic E-state index is -0.176. The van der Waals surface area contributed by atoms with E-state index in [1.807, 2.05) is 0 Å². The summed E-state index contributed by atoms with van der Waals surface area (Å²) in [6.45, 7) is 0.344. The second kappa shape index (κ2) is 9.71. The molecule has 0 atom stereocenters. The van der Waals surface area contributed by atoms with Gasteiger partial charge in [-0.3, -0.25) is 0 Å². The molecule has 0 spiro atoms. The van der Waals surface area contributed by atoms with E-state index >= 15 is 0 Å². The summed E-state index contributed by atoms with van der Waals surface area (Å²) in [5.74, 6) is 0. The van der Waals surface area contributed by atoms with Crippen LogP contribution in [0.1, 0.15) is 25.7 Å². The Labute approximate surface area is 133 Å². The van der Waals surface area contributed by atoms with E-state index in [2.05, 4.69) is 60.7 Å². The first-order chi connectivity index (χ1) is 10.4. The smallest absolute Gasteiger partial charge is 0.0550 e. The standard InChI is InChI=1S/C18H26OSi2/c19-15-9-3-8-14-18(20-16-10-4-1-5-11-16)21-17-12-6-2-7-13-17/h1-2,4-7,10-13,18-19H,3,8-9,14-15,20-21H2. The van der Waals surface area contributed by atoms with Crippen molar-refractivity contribution in [3.8, 4) is 0 Å². The molecule has 0 aliphatic rings. The molecule has 0 amide bonds. The van der Waals surface area contributed by atoms with E-state index in [0.717, 1.165) is 11.6 Å². The number of hydrogen-bond acceptors (Lipinski definition) is 1. The average molecular weight is 315 g/mol. The molecule has 0 heterocycles. The zero-order chi connectivity index (χ0) is 14.8. The molecule has 2 aromatic rings. The van der Waals surface area contributed by atoms with E-state index in [9.17, 15) is 0 Å². The Morgan fingerprint density at radius 1 is 0.714 bits per heavy atom. The summed E-state index contributed by atoms with van der Waals surface area (Å²) in [5, 5.41) is 13.1. The van der Waals surface area contributed by atoms with Crippen LogP contribution in [0.3, 0.4) is 0 Å². The van der Waals surface area contributed by atoms with E-state index in [4.69, 9.17) is 5.11 Å². The molecule has 3 heteroatoms. The molecule has 0 bridgehead atoms. The number of hydrogen-bond donors (Lipinski definition) is 1. The fourth-order valence-corrected chi connectivity index (χ4v) is 8.88. The van der Waals surface area contributed by atoms with Gasteiger partial charge in [-0.05, 0) is 6.42 Å². The molecule has 0 saturated carbocycles. The lowest BCUT2D eigenvalue weighted by molar-refractivity contribution is 0.283. The normalized spacial score (nSPS) is 13.4. The van der Waals surface area contributed by atoms with Crippen molar-refractivity contribution in [3.05, 3.63) is 60.7 Å². The predicted octanol–water partition coefficient (Wildman–Crippen LogP) is 1.27. The van der Waals surface area contributed by atoms with Gasteiger partial charge in [0.05, 0.1) is 19.0 Å². The minimum absolute atomic E-state index is 0.176. The molecule has 2 rings (SSSR count). The van der Waals surface area contributed by atoms with Crippen molar-refractivity contribution >= 4 is 29.4 Å². The van der Waals surface area contributed by atoms with Crippen LogP contribution in [0.5, 0.6) is 0 Å². The van der Waals surface area contributed by atoms with E-state index in [0.29, 0.717) is 6.61 Å². The Morgan fingerprint density at radius 3 is 1.71 bits per heavy atom. The molecule has 0 aliphatic heterocycles. The molecule has 0 aromatic heterocycles. The van der Waals surface area contributed by atoms with Crippen LogP contribution in [0.4, 0.5) is 0 Å². The van der Waals surface area contributed by atoms with Gasteiger partial charge in [0.15, 0.2) is 0 Å². The number of rotatable bonds is 9. The first kappa shape index (κ1) is 16.2. The molecule has 0 saturated heterocycles. The van der Waals surface area contributed by atoms with Crippen LogP contribution in [0.25, 0.3) is 0 Å². The van der Waals surface area contributed by atoms with Crippen molar-refractivity contribution in [1.82, 2.24) is 0 Å². The number of benzene rings is 2. The van der Waals surface area contributed by atoms with Crippen molar-refractivity contribution in [2.24, 2.45) is 0 Å². The number of aliphatic hydroxyl groups excluding tert-OH is 1. The van der Waals surface area contributed by atoms with Gasteiger partial charge in [0, 0.05) is 6.61 Å². The molecule has 112 valence electrons. The summed E-state index contributed by atoms with van der Waals surface area (Å²) < 4.78 is 0. The lowest BCUT2D eigenvalue weighted by atomic mass is 10.2. The Hall–Kier alpha value is -1.17. The first-order valence-corrected chi connectivity index (χ1v) is 11.1. The minimum Gasteiger partial charge on any atom is -0.396 e. The monoisotopic (exact) mass is 314 g/mol. The first-order valence-electron chi connectivity index (χ1n) is 8.07. The van der Waals surface area contributed by atoms with Gasteiger partial charge in [-0.25, -0.2) is 0 Å². The SMILES string of the molecule is OCCCCCC([SiH2]c1ccccc1)[SiH2]c1ccccc1. The van der Waals surface area contributed by atoms with E-state index in [-0.39, 0.29) is 19.0 Å². The van der Waals surface area contributed by atoms with E-state index < -0.39 is 0 Å². The highest BCUT2D eigenvalue weighted by molar-refractivity contribution is 6.73. The second-order valence-corrected chi connectivity index (χ2v) is 11.7. The maximum absolute atomic E-state index is 8.92. The number of aliphatic hydroxyl groups is 1. The van der Waals surface area contributed by atoms with Crippen molar-refractivity contribution in [2.75, 3.05) is 6.61 Å². The van der Waals surface area contributed by atoms with Gasteiger partial charge in [-0.15, -0.1) is 0 Å². The van der Waals surface area contributed by atoms with E-state index in [1.54, 1.807) is 10.4 Å². The zero-order valence-corrected chi connectivity index (χ0v) is 15.6. The van der Waals surface area contributed by atoms with Crippen LogP contribution in [0, 0.1) is 0 Å². The number of unbranched alkanes of at least 4 members (excludes halogenated alkanes) is 2. The van der Waals surface area contributed by atoms with Crippen LogP contribution in [0.15, 0.2) is 60.7 Å². The molecule has 0 radical (unpaired) electrons. The van der Waals surface area contributed by atoms with Gasteiger partial charge in [0.25, 0.3) is 0 Å². The van der Waals surface area contributed by atoms with Gasteiger partial charge >= 0.3 is 0 Å². The fourth-order valence-electron chi connectivity index (χ4n) is 2.89. The highest BCUT2D eigenvalue weighted by Gasteiger charge is 2.12. The van der Waals surface area contributed by atoms with Gasteiger partial charge in [0.2, 0.25) is 0 Å². The third-order valence-electron chi connectivity index (χ3n) is 4.00. The summed E-state index contributed by atoms with van der Waals surface area (Å²) in [5.41, 5.74) is 0. The van der Waals surface area contributed by atoms with Gasteiger partial charge < -0.3 is 5.11 Å². The maximum atomic E-state index is 8.92. The zero-order valence-electron chi connectivity index (χ0n) is 12.7. The van der Waals surface area contributed by atoms with Gasteiger partial charge in [0.1, 0.15) is 0 Å². The molecular weight excluding hydrogens is 288 g/mol. The van der Waals surface area contributed by atoms with Crippen molar-refractivity contribution in [2.45, 2.75) is 30.8 Å². The predicted molar refractivity (Wildman–Crippen MR) is 98.5 cm³/mol. The molecule has 2 aromatic carbocycles. The summed E-state index contributed by atoms with van der Waals surface area (Å²) in [6.07, 6.45) is 4.79. The Balaban J connectivity index is 1.93. The van der Waals surface area contributed by atoms with E-state index in [1.165, 1.54) is 19.3 Å².